The molecule has 3 rings (SSSR count). The lowest BCUT2D eigenvalue weighted by atomic mass is 9.99. The molecule has 150 valence electrons. The van der Waals surface area contributed by atoms with Gasteiger partial charge in [-0.3, -0.25) is 4.99 Å². The fourth-order valence-corrected chi connectivity index (χ4v) is 4.20. The van der Waals surface area contributed by atoms with Crippen molar-refractivity contribution in [2.24, 2.45) is 10.9 Å². The summed E-state index contributed by atoms with van der Waals surface area (Å²) in [5, 5.41) is 3.59. The Morgan fingerprint density at radius 2 is 1.85 bits per heavy atom. The van der Waals surface area contributed by atoms with Crippen molar-refractivity contribution in [2.45, 2.75) is 25.7 Å². The molecule has 1 aromatic carbocycles. The third-order valence-electron chi connectivity index (χ3n) is 5.94. The van der Waals surface area contributed by atoms with E-state index in [0.717, 1.165) is 31.5 Å². The Morgan fingerprint density at radius 3 is 2.59 bits per heavy atom. The number of nitrogens with zero attached hydrogens (tertiary/aromatic N) is 4. The highest BCUT2D eigenvalue weighted by Crippen LogP contribution is 2.20. The van der Waals surface area contributed by atoms with Gasteiger partial charge < -0.3 is 20.0 Å². The number of benzene rings is 1. The van der Waals surface area contributed by atoms with Gasteiger partial charge in [-0.25, -0.2) is 0 Å². The molecule has 1 N–H and O–H groups in total. The molecular weight excluding hydrogens is 334 g/mol. The van der Waals surface area contributed by atoms with E-state index in [0.29, 0.717) is 0 Å². The van der Waals surface area contributed by atoms with Crippen LogP contribution in [0.5, 0.6) is 0 Å². The minimum absolute atomic E-state index is 0.739. The number of likely N-dealkylation sites (N-methyl/N-ethyl adjacent to an activating group) is 1. The first-order valence-corrected chi connectivity index (χ1v) is 10.6. The predicted octanol–water partition coefficient (Wildman–Crippen LogP) is 2.15. The van der Waals surface area contributed by atoms with Crippen molar-refractivity contribution in [1.29, 1.82) is 0 Å². The Hall–Kier alpha value is -1.59. The lowest BCUT2D eigenvalue weighted by Gasteiger charge is -2.32. The van der Waals surface area contributed by atoms with E-state index >= 15 is 0 Å². The van der Waals surface area contributed by atoms with E-state index in [1.165, 1.54) is 64.0 Å². The van der Waals surface area contributed by atoms with Gasteiger partial charge in [0, 0.05) is 52.9 Å². The van der Waals surface area contributed by atoms with Crippen LogP contribution in [0.3, 0.4) is 0 Å². The summed E-state index contributed by atoms with van der Waals surface area (Å²) in [4.78, 5) is 12.0. The number of likely N-dealkylation sites (tertiary alicyclic amines) is 1. The van der Waals surface area contributed by atoms with E-state index in [1.54, 1.807) is 0 Å². The van der Waals surface area contributed by atoms with E-state index in [-0.39, 0.29) is 0 Å². The highest BCUT2D eigenvalue weighted by atomic mass is 15.3. The van der Waals surface area contributed by atoms with Crippen LogP contribution in [-0.4, -0.2) is 87.1 Å². The minimum Gasteiger partial charge on any atom is -0.356 e. The number of rotatable bonds is 7. The lowest BCUT2D eigenvalue weighted by molar-refractivity contribution is 0.152. The van der Waals surface area contributed by atoms with E-state index in [1.807, 2.05) is 7.05 Å². The molecule has 2 aliphatic rings. The molecule has 0 saturated carbocycles. The zero-order valence-electron chi connectivity index (χ0n) is 17.2. The van der Waals surface area contributed by atoms with Crippen molar-refractivity contribution in [1.82, 2.24) is 20.0 Å². The summed E-state index contributed by atoms with van der Waals surface area (Å²) in [6.45, 7) is 9.38. The first kappa shape index (κ1) is 20.2. The number of hydrogen-bond donors (Lipinski definition) is 1. The zero-order valence-corrected chi connectivity index (χ0v) is 17.2. The fourth-order valence-electron chi connectivity index (χ4n) is 4.20. The van der Waals surface area contributed by atoms with Gasteiger partial charge in [0.1, 0.15) is 0 Å². The average molecular weight is 372 g/mol. The van der Waals surface area contributed by atoms with Crippen molar-refractivity contribution in [3.05, 3.63) is 35.9 Å². The summed E-state index contributed by atoms with van der Waals surface area (Å²) in [5.41, 5.74) is 1.45. The molecular formula is C22H37N5. The monoisotopic (exact) mass is 371 g/mol. The second kappa shape index (κ2) is 10.7. The van der Waals surface area contributed by atoms with Crippen LogP contribution in [0, 0.1) is 5.92 Å². The summed E-state index contributed by atoms with van der Waals surface area (Å²) < 4.78 is 0. The molecule has 2 aliphatic heterocycles. The molecule has 5 nitrogen and oxygen atoms in total. The number of guanidine groups is 1. The van der Waals surface area contributed by atoms with Gasteiger partial charge in [-0.1, -0.05) is 30.3 Å². The summed E-state index contributed by atoms with van der Waals surface area (Å²) in [6, 6.07) is 10.9. The standard InChI is InChI=1S/C22H37N5/c1-23-22(24-11-6-7-12-26-16-14-25(2)15-17-26)27-13-10-21(19-27)18-20-8-4-3-5-9-20/h3-5,8-9,21H,6-7,10-19H2,1-2H3,(H,23,24). The molecule has 0 spiro atoms. The molecule has 0 aliphatic carbocycles. The second-order valence-corrected chi connectivity index (χ2v) is 8.12. The molecule has 5 heteroatoms. The van der Waals surface area contributed by atoms with Crippen LogP contribution in [0.4, 0.5) is 0 Å². The molecule has 0 amide bonds. The number of piperazine rings is 1. The van der Waals surface area contributed by atoms with Crippen molar-refractivity contribution in [2.75, 3.05) is 66.5 Å². The number of unbranched alkanes of at least 4 members (excludes halogenated alkanes) is 1. The zero-order chi connectivity index (χ0) is 18.9. The van der Waals surface area contributed by atoms with Gasteiger partial charge in [0.15, 0.2) is 5.96 Å². The molecule has 2 saturated heterocycles. The molecule has 27 heavy (non-hydrogen) atoms. The van der Waals surface area contributed by atoms with Crippen LogP contribution in [-0.2, 0) is 6.42 Å². The smallest absolute Gasteiger partial charge is 0.193 e. The van der Waals surface area contributed by atoms with Crippen LogP contribution < -0.4 is 5.32 Å². The molecule has 0 radical (unpaired) electrons. The average Bonchev–Trinajstić information content (AvgIpc) is 3.15. The normalized spacial score (nSPS) is 22.4. The second-order valence-electron chi connectivity index (χ2n) is 8.12. The van der Waals surface area contributed by atoms with Gasteiger partial charge in [0.25, 0.3) is 0 Å². The third-order valence-corrected chi connectivity index (χ3v) is 5.94. The molecule has 2 heterocycles. The summed E-state index contributed by atoms with van der Waals surface area (Å²) in [5.74, 6) is 1.83. The van der Waals surface area contributed by atoms with Gasteiger partial charge in [0.05, 0.1) is 0 Å². The van der Waals surface area contributed by atoms with E-state index in [2.05, 4.69) is 62.4 Å². The number of aliphatic imine (C=N–C) groups is 1. The van der Waals surface area contributed by atoms with Crippen LogP contribution in [0.15, 0.2) is 35.3 Å². The highest BCUT2D eigenvalue weighted by Gasteiger charge is 2.24. The first-order chi connectivity index (χ1) is 13.2. The van der Waals surface area contributed by atoms with Crippen LogP contribution in [0.25, 0.3) is 0 Å². The largest absolute Gasteiger partial charge is 0.356 e. The van der Waals surface area contributed by atoms with Crippen molar-refractivity contribution in [3.8, 4) is 0 Å². The Morgan fingerprint density at radius 1 is 1.07 bits per heavy atom. The van der Waals surface area contributed by atoms with Gasteiger partial charge in [-0.2, -0.15) is 0 Å². The summed E-state index contributed by atoms with van der Waals surface area (Å²) in [6.07, 6.45) is 4.93. The van der Waals surface area contributed by atoms with Crippen LogP contribution in [0.1, 0.15) is 24.8 Å². The van der Waals surface area contributed by atoms with Gasteiger partial charge >= 0.3 is 0 Å². The van der Waals surface area contributed by atoms with Crippen molar-refractivity contribution < 1.29 is 0 Å². The number of hydrogen-bond acceptors (Lipinski definition) is 3. The van der Waals surface area contributed by atoms with Crippen LogP contribution >= 0.6 is 0 Å². The minimum atomic E-state index is 0.739. The molecule has 0 aromatic heterocycles. The van der Waals surface area contributed by atoms with Gasteiger partial charge in [-0.15, -0.1) is 0 Å². The molecule has 2 fully saturated rings. The van der Waals surface area contributed by atoms with Gasteiger partial charge in [-0.05, 0) is 50.8 Å². The lowest BCUT2D eigenvalue weighted by Crippen LogP contribution is -2.44. The Labute approximate surface area is 165 Å². The van der Waals surface area contributed by atoms with E-state index in [9.17, 15) is 0 Å². The molecule has 1 aromatic rings. The molecule has 1 unspecified atom stereocenters. The molecule has 1 atom stereocenters. The van der Waals surface area contributed by atoms with Crippen LogP contribution in [0.2, 0.25) is 0 Å². The maximum absolute atomic E-state index is 4.52. The maximum Gasteiger partial charge on any atom is 0.193 e. The first-order valence-electron chi connectivity index (χ1n) is 10.6. The Balaban J connectivity index is 1.31. The third kappa shape index (κ3) is 6.51. The van der Waals surface area contributed by atoms with E-state index < -0.39 is 0 Å². The SMILES string of the molecule is CN=C(NCCCCN1CCN(C)CC1)N1CCC(Cc2ccccc2)C1. The Kier molecular flexibility index (Phi) is 7.96. The van der Waals surface area contributed by atoms with E-state index in [4.69, 9.17) is 0 Å². The summed E-state index contributed by atoms with van der Waals surface area (Å²) >= 11 is 0. The highest BCUT2D eigenvalue weighted by molar-refractivity contribution is 5.80. The summed E-state index contributed by atoms with van der Waals surface area (Å²) in [7, 11) is 4.13. The Bertz CT molecular complexity index is 565. The predicted molar refractivity (Wildman–Crippen MR) is 114 cm³/mol. The number of nitrogens with one attached hydrogen (secondary N) is 1. The van der Waals surface area contributed by atoms with Crippen molar-refractivity contribution >= 4 is 5.96 Å². The van der Waals surface area contributed by atoms with Crippen molar-refractivity contribution in [3.63, 3.8) is 0 Å². The fraction of sp³-hybridized carbons (Fsp3) is 0.682. The van der Waals surface area contributed by atoms with Gasteiger partial charge in [0.2, 0.25) is 0 Å². The maximum atomic E-state index is 4.52. The molecule has 0 bridgehead atoms. The quantitative estimate of drug-likeness (QED) is 0.452. The topological polar surface area (TPSA) is 34.1 Å².